The third-order valence-electron chi connectivity index (χ3n) is 3.56. The quantitative estimate of drug-likeness (QED) is 0.621. The van der Waals surface area contributed by atoms with Crippen LogP contribution in [0.5, 0.6) is 5.75 Å². The molecule has 2 N–H and O–H groups in total. The van der Waals surface area contributed by atoms with Gasteiger partial charge in [-0.05, 0) is 27.7 Å². The van der Waals surface area contributed by atoms with Gasteiger partial charge in [-0.25, -0.2) is 9.98 Å². The zero-order valence-corrected chi connectivity index (χ0v) is 15.8. The molecule has 0 atom stereocenters. The van der Waals surface area contributed by atoms with E-state index in [-0.39, 0.29) is 0 Å². The summed E-state index contributed by atoms with van der Waals surface area (Å²) in [7, 11) is 1.68. The van der Waals surface area contributed by atoms with E-state index in [0.29, 0.717) is 13.1 Å². The van der Waals surface area contributed by atoms with E-state index < -0.39 is 0 Å². The summed E-state index contributed by atoms with van der Waals surface area (Å²) in [5.41, 5.74) is 2.99. The first-order chi connectivity index (χ1) is 11.5. The number of guanidine groups is 1. The van der Waals surface area contributed by atoms with Gasteiger partial charge in [-0.3, -0.25) is 4.98 Å². The molecule has 0 amide bonds. The van der Waals surface area contributed by atoms with Crippen molar-refractivity contribution in [1.82, 2.24) is 20.6 Å². The van der Waals surface area contributed by atoms with Crippen molar-refractivity contribution >= 4 is 17.3 Å². The summed E-state index contributed by atoms with van der Waals surface area (Å²) in [4.78, 5) is 14.7. The molecule has 6 nitrogen and oxygen atoms in total. The van der Waals surface area contributed by atoms with E-state index in [4.69, 9.17) is 4.74 Å². The van der Waals surface area contributed by atoms with Crippen LogP contribution in [-0.4, -0.2) is 29.6 Å². The van der Waals surface area contributed by atoms with Gasteiger partial charge in [0.1, 0.15) is 10.8 Å². The lowest BCUT2D eigenvalue weighted by atomic mass is 10.1. The van der Waals surface area contributed by atoms with Crippen LogP contribution in [0.1, 0.15) is 33.6 Å². The summed E-state index contributed by atoms with van der Waals surface area (Å²) < 4.78 is 5.45. The molecule has 2 aromatic heterocycles. The van der Waals surface area contributed by atoms with E-state index in [2.05, 4.69) is 32.5 Å². The number of methoxy groups -OCH3 is 1. The highest BCUT2D eigenvalue weighted by molar-refractivity contribution is 7.11. The van der Waals surface area contributed by atoms with Crippen molar-refractivity contribution < 1.29 is 4.74 Å². The highest BCUT2D eigenvalue weighted by Crippen LogP contribution is 2.24. The molecule has 0 aliphatic rings. The molecular formula is C17H25N5OS. The van der Waals surface area contributed by atoms with Crippen LogP contribution >= 0.6 is 11.3 Å². The van der Waals surface area contributed by atoms with Crippen LogP contribution in [0.2, 0.25) is 0 Å². The molecule has 2 aromatic rings. The smallest absolute Gasteiger partial charge is 0.191 e. The third-order valence-corrected chi connectivity index (χ3v) is 4.47. The van der Waals surface area contributed by atoms with Crippen molar-refractivity contribution in [2.45, 2.75) is 40.8 Å². The molecule has 0 aromatic carbocycles. The standard InChI is InChI=1S/C17H25N5OS/c1-6-18-17(22-10-15-20-8-12(3)24-15)21-9-14-13(4)16(23-5)11(2)7-19-14/h7-8H,6,9-10H2,1-5H3,(H2,18,21,22). The molecule has 130 valence electrons. The van der Waals surface area contributed by atoms with Crippen molar-refractivity contribution in [3.63, 3.8) is 0 Å². The molecule has 0 spiro atoms. The monoisotopic (exact) mass is 347 g/mol. The second kappa shape index (κ2) is 8.63. The fourth-order valence-corrected chi connectivity index (χ4v) is 3.10. The first kappa shape index (κ1) is 18.2. The largest absolute Gasteiger partial charge is 0.496 e. The molecule has 2 rings (SSSR count). The van der Waals surface area contributed by atoms with Crippen LogP contribution in [0, 0.1) is 20.8 Å². The van der Waals surface area contributed by atoms with Gasteiger partial charge in [0.05, 0.1) is 25.9 Å². The van der Waals surface area contributed by atoms with Gasteiger partial charge < -0.3 is 15.4 Å². The van der Waals surface area contributed by atoms with Crippen LogP contribution in [0.25, 0.3) is 0 Å². The highest BCUT2D eigenvalue weighted by Gasteiger charge is 2.09. The minimum absolute atomic E-state index is 0.495. The Hall–Kier alpha value is -2.15. The first-order valence-electron chi connectivity index (χ1n) is 7.97. The number of ether oxygens (including phenoxy) is 1. The maximum Gasteiger partial charge on any atom is 0.191 e. The zero-order valence-electron chi connectivity index (χ0n) is 14.9. The Morgan fingerprint density at radius 2 is 2.00 bits per heavy atom. The maximum atomic E-state index is 5.45. The third kappa shape index (κ3) is 4.67. The molecule has 24 heavy (non-hydrogen) atoms. The summed E-state index contributed by atoms with van der Waals surface area (Å²) in [6, 6.07) is 0. The van der Waals surface area contributed by atoms with Crippen molar-refractivity contribution in [1.29, 1.82) is 0 Å². The molecule has 0 radical (unpaired) electrons. The lowest BCUT2D eigenvalue weighted by molar-refractivity contribution is 0.407. The molecule has 0 aliphatic heterocycles. The summed E-state index contributed by atoms with van der Waals surface area (Å²) in [6.07, 6.45) is 3.72. The van der Waals surface area contributed by atoms with Crippen LogP contribution in [-0.2, 0) is 13.1 Å². The molecule has 0 fully saturated rings. The maximum absolute atomic E-state index is 5.45. The van der Waals surface area contributed by atoms with Crippen molar-refractivity contribution in [2.24, 2.45) is 4.99 Å². The minimum Gasteiger partial charge on any atom is -0.496 e. The SMILES string of the molecule is CCNC(=NCc1ncc(C)c(OC)c1C)NCc1ncc(C)s1. The minimum atomic E-state index is 0.495. The zero-order chi connectivity index (χ0) is 17.5. The Bertz CT molecular complexity index is 711. The number of hydrogen-bond donors (Lipinski definition) is 2. The van der Waals surface area contributed by atoms with E-state index in [9.17, 15) is 0 Å². The molecule has 0 bridgehead atoms. The number of pyridine rings is 1. The van der Waals surface area contributed by atoms with Crippen molar-refractivity contribution in [3.8, 4) is 5.75 Å². The molecule has 0 saturated carbocycles. The van der Waals surface area contributed by atoms with Gasteiger partial charge in [-0.1, -0.05) is 0 Å². The fraction of sp³-hybridized carbons (Fsp3) is 0.471. The lowest BCUT2D eigenvalue weighted by Crippen LogP contribution is -2.36. The van der Waals surface area contributed by atoms with Crippen molar-refractivity contribution in [3.05, 3.63) is 39.1 Å². The van der Waals surface area contributed by atoms with E-state index >= 15 is 0 Å². The van der Waals surface area contributed by atoms with Crippen molar-refractivity contribution in [2.75, 3.05) is 13.7 Å². The summed E-state index contributed by atoms with van der Waals surface area (Å²) in [5, 5.41) is 7.60. The summed E-state index contributed by atoms with van der Waals surface area (Å²) in [6.45, 7) is 10.1. The normalized spacial score (nSPS) is 11.5. The molecule has 0 unspecified atom stereocenters. The van der Waals surface area contributed by atoms with Gasteiger partial charge >= 0.3 is 0 Å². The summed E-state index contributed by atoms with van der Waals surface area (Å²) >= 11 is 1.69. The molecular weight excluding hydrogens is 322 g/mol. The first-order valence-corrected chi connectivity index (χ1v) is 8.79. The average Bonchev–Trinajstić information content (AvgIpc) is 2.97. The van der Waals surface area contributed by atoms with Crippen LogP contribution in [0.15, 0.2) is 17.4 Å². The molecule has 7 heteroatoms. The van der Waals surface area contributed by atoms with Gasteiger partial charge in [0.15, 0.2) is 5.96 Å². The number of nitrogens with zero attached hydrogens (tertiary/aromatic N) is 3. The Morgan fingerprint density at radius 1 is 1.21 bits per heavy atom. The number of hydrogen-bond acceptors (Lipinski definition) is 5. The van der Waals surface area contributed by atoms with E-state index in [1.165, 1.54) is 4.88 Å². The topological polar surface area (TPSA) is 71.4 Å². The van der Waals surface area contributed by atoms with Gasteiger partial charge in [-0.2, -0.15) is 0 Å². The Morgan fingerprint density at radius 3 is 2.62 bits per heavy atom. The number of nitrogens with one attached hydrogen (secondary N) is 2. The Labute approximate surface area is 147 Å². The van der Waals surface area contributed by atoms with Gasteiger partial charge in [0.2, 0.25) is 0 Å². The number of aliphatic imine (C=N–C) groups is 1. The predicted molar refractivity (Wildman–Crippen MR) is 98.8 cm³/mol. The van der Waals surface area contributed by atoms with E-state index in [1.807, 2.05) is 33.2 Å². The van der Waals surface area contributed by atoms with E-state index in [0.717, 1.165) is 40.1 Å². The Balaban J connectivity index is 2.07. The molecule has 2 heterocycles. The van der Waals surface area contributed by atoms with Crippen LogP contribution < -0.4 is 15.4 Å². The van der Waals surface area contributed by atoms with Gasteiger partial charge in [-0.15, -0.1) is 11.3 Å². The van der Waals surface area contributed by atoms with Gasteiger partial charge in [0.25, 0.3) is 0 Å². The van der Waals surface area contributed by atoms with Gasteiger partial charge in [0, 0.05) is 34.9 Å². The lowest BCUT2D eigenvalue weighted by Gasteiger charge is -2.13. The number of aryl methyl sites for hydroxylation is 2. The fourth-order valence-electron chi connectivity index (χ4n) is 2.37. The second-order valence-corrected chi connectivity index (χ2v) is 6.78. The van der Waals surface area contributed by atoms with E-state index in [1.54, 1.807) is 18.4 Å². The molecule has 0 saturated heterocycles. The number of thiazole rings is 1. The van der Waals surface area contributed by atoms with Crippen LogP contribution in [0.3, 0.4) is 0 Å². The predicted octanol–water partition coefficient (Wildman–Crippen LogP) is 2.73. The number of rotatable bonds is 6. The van der Waals surface area contributed by atoms with Crippen LogP contribution in [0.4, 0.5) is 0 Å². The highest BCUT2D eigenvalue weighted by atomic mass is 32.1. The Kier molecular flexibility index (Phi) is 6.54. The summed E-state index contributed by atoms with van der Waals surface area (Å²) in [5.74, 6) is 1.64. The molecule has 0 aliphatic carbocycles. The average molecular weight is 347 g/mol. The second-order valence-electron chi connectivity index (χ2n) is 5.46. The number of aromatic nitrogens is 2.